The second-order valence-electron chi connectivity index (χ2n) is 6.46. The summed E-state index contributed by atoms with van der Waals surface area (Å²) in [5, 5.41) is 3.65. The van der Waals surface area contributed by atoms with Gasteiger partial charge in [-0.05, 0) is 32.4 Å². The summed E-state index contributed by atoms with van der Waals surface area (Å²) >= 11 is 0. The fraction of sp³-hybridized carbons (Fsp3) is 0.471. The zero-order valence-corrected chi connectivity index (χ0v) is 13.1. The summed E-state index contributed by atoms with van der Waals surface area (Å²) in [6.07, 6.45) is 3.93. The summed E-state index contributed by atoms with van der Waals surface area (Å²) < 4.78 is 2.22. The maximum absolute atomic E-state index is 4.30. The van der Waals surface area contributed by atoms with Crippen LogP contribution in [0.5, 0.6) is 0 Å². The molecule has 112 valence electrons. The summed E-state index contributed by atoms with van der Waals surface area (Å²) in [4.78, 5) is 6.80. The van der Waals surface area contributed by atoms with Gasteiger partial charge in [-0.15, -0.1) is 0 Å². The Kier molecular flexibility index (Phi) is 3.72. The molecule has 2 aromatic rings. The Labute approximate surface area is 126 Å². The minimum absolute atomic E-state index is 0.114. The molecule has 0 fully saturated rings. The molecule has 0 saturated heterocycles. The minimum Gasteiger partial charge on any atom is -0.368 e. The molecule has 4 heteroatoms. The Morgan fingerprint density at radius 1 is 1.24 bits per heavy atom. The van der Waals surface area contributed by atoms with Gasteiger partial charge in [0.05, 0.1) is 0 Å². The fourth-order valence-electron chi connectivity index (χ4n) is 2.99. The molecule has 2 heterocycles. The molecule has 21 heavy (non-hydrogen) atoms. The van der Waals surface area contributed by atoms with Crippen molar-refractivity contribution in [3.05, 3.63) is 48.0 Å². The van der Waals surface area contributed by atoms with Crippen LogP contribution in [-0.2, 0) is 13.1 Å². The molecule has 0 radical (unpaired) electrons. The molecule has 1 aromatic heterocycles. The van der Waals surface area contributed by atoms with Crippen molar-refractivity contribution in [2.75, 3.05) is 18.0 Å². The maximum atomic E-state index is 4.30. The molecule has 0 saturated carbocycles. The molecule has 4 nitrogen and oxygen atoms in total. The van der Waals surface area contributed by atoms with Gasteiger partial charge in [0.15, 0.2) is 0 Å². The number of para-hydroxylation sites is 1. The van der Waals surface area contributed by atoms with E-state index in [-0.39, 0.29) is 5.54 Å². The molecular weight excluding hydrogens is 260 g/mol. The maximum Gasteiger partial charge on any atom is 0.105 e. The number of nitrogens with one attached hydrogen (secondary N) is 1. The third kappa shape index (κ3) is 3.10. The Morgan fingerprint density at radius 3 is 2.81 bits per heavy atom. The molecule has 0 amide bonds. The predicted octanol–water partition coefficient (Wildman–Crippen LogP) is 2.58. The number of hydrogen-bond donors (Lipinski definition) is 1. The van der Waals surface area contributed by atoms with Crippen molar-refractivity contribution in [1.29, 1.82) is 0 Å². The summed E-state index contributed by atoms with van der Waals surface area (Å²) in [5.74, 6) is 1.08. The van der Waals surface area contributed by atoms with Crippen molar-refractivity contribution in [3.8, 4) is 0 Å². The number of aromatic nitrogens is 2. The second kappa shape index (κ2) is 5.53. The molecule has 1 aromatic carbocycles. The smallest absolute Gasteiger partial charge is 0.105 e. The number of fused-ring (bicyclic) bond motifs is 1. The number of imidazole rings is 1. The third-order valence-corrected chi connectivity index (χ3v) is 4.21. The van der Waals surface area contributed by atoms with Crippen LogP contribution in [0.3, 0.4) is 0 Å². The zero-order valence-electron chi connectivity index (χ0n) is 13.1. The normalized spacial score (nSPS) is 17.4. The predicted molar refractivity (Wildman–Crippen MR) is 86.5 cm³/mol. The van der Waals surface area contributed by atoms with Crippen LogP contribution >= 0.6 is 0 Å². The van der Waals surface area contributed by atoms with Crippen molar-refractivity contribution in [2.45, 2.75) is 39.4 Å². The van der Waals surface area contributed by atoms with Gasteiger partial charge >= 0.3 is 0 Å². The number of nitrogens with zero attached hydrogens (tertiary/aromatic N) is 3. The van der Waals surface area contributed by atoms with Crippen LogP contribution in [0.25, 0.3) is 0 Å². The molecule has 0 unspecified atom stereocenters. The minimum atomic E-state index is 0.114. The van der Waals surface area contributed by atoms with Crippen LogP contribution in [-0.4, -0.2) is 28.2 Å². The first-order valence-electron chi connectivity index (χ1n) is 7.61. The highest BCUT2D eigenvalue weighted by Crippen LogP contribution is 2.26. The van der Waals surface area contributed by atoms with Gasteiger partial charge in [0.2, 0.25) is 0 Å². The van der Waals surface area contributed by atoms with Crippen LogP contribution in [0.4, 0.5) is 5.69 Å². The van der Waals surface area contributed by atoms with Crippen LogP contribution < -0.4 is 10.2 Å². The first-order chi connectivity index (χ1) is 10.1. The number of anilines is 1. The lowest BCUT2D eigenvalue weighted by Gasteiger charge is -2.32. The van der Waals surface area contributed by atoms with Gasteiger partial charge in [-0.25, -0.2) is 4.98 Å². The highest BCUT2D eigenvalue weighted by molar-refractivity contribution is 5.55. The highest BCUT2D eigenvalue weighted by atomic mass is 15.2. The fourth-order valence-corrected chi connectivity index (χ4v) is 2.99. The molecule has 1 N–H and O–H groups in total. The summed E-state index contributed by atoms with van der Waals surface area (Å²) in [6.45, 7) is 10.5. The van der Waals surface area contributed by atoms with E-state index in [1.54, 1.807) is 0 Å². The molecule has 0 spiro atoms. The number of benzene rings is 1. The average Bonchev–Trinajstić information content (AvgIpc) is 2.81. The topological polar surface area (TPSA) is 33.1 Å². The second-order valence-corrected chi connectivity index (χ2v) is 6.46. The standard InChI is InChI=1S/C17H24N4/c1-14-18-8-9-20(14)10-11-21-13-17(2,3)19-12-15-6-4-5-7-16(15)21/h4-9,19H,10-13H2,1-3H3. The van der Waals surface area contributed by atoms with Gasteiger partial charge in [0, 0.05) is 49.8 Å². The summed E-state index contributed by atoms with van der Waals surface area (Å²) in [6, 6.07) is 8.71. The van der Waals surface area contributed by atoms with Crippen LogP contribution in [0, 0.1) is 6.92 Å². The van der Waals surface area contributed by atoms with Crippen molar-refractivity contribution >= 4 is 5.69 Å². The van der Waals surface area contributed by atoms with E-state index in [4.69, 9.17) is 0 Å². The van der Waals surface area contributed by atoms with Crippen molar-refractivity contribution in [1.82, 2.24) is 14.9 Å². The molecule has 1 aliphatic heterocycles. The molecule has 0 aliphatic carbocycles. The van der Waals surface area contributed by atoms with Gasteiger partial charge < -0.3 is 14.8 Å². The zero-order chi connectivity index (χ0) is 14.9. The van der Waals surface area contributed by atoms with Crippen LogP contribution in [0.2, 0.25) is 0 Å². The van der Waals surface area contributed by atoms with Gasteiger partial charge in [-0.1, -0.05) is 18.2 Å². The van der Waals surface area contributed by atoms with E-state index in [2.05, 4.69) is 71.0 Å². The van der Waals surface area contributed by atoms with Gasteiger partial charge in [0.1, 0.15) is 5.82 Å². The third-order valence-electron chi connectivity index (χ3n) is 4.21. The summed E-state index contributed by atoms with van der Waals surface area (Å²) in [7, 11) is 0. The first kappa shape index (κ1) is 14.1. The molecule has 1 aliphatic rings. The Balaban J connectivity index is 1.82. The van der Waals surface area contributed by atoms with Gasteiger partial charge in [-0.2, -0.15) is 0 Å². The quantitative estimate of drug-likeness (QED) is 0.940. The van der Waals surface area contributed by atoms with E-state index < -0.39 is 0 Å². The van der Waals surface area contributed by atoms with Crippen molar-refractivity contribution in [3.63, 3.8) is 0 Å². The molecule has 3 rings (SSSR count). The number of aryl methyl sites for hydroxylation is 1. The monoisotopic (exact) mass is 284 g/mol. The molecule has 0 bridgehead atoms. The van der Waals surface area contributed by atoms with Crippen molar-refractivity contribution in [2.24, 2.45) is 0 Å². The van der Waals surface area contributed by atoms with E-state index in [1.807, 2.05) is 6.20 Å². The molecule has 0 atom stereocenters. The van der Waals surface area contributed by atoms with Gasteiger partial charge in [0.25, 0.3) is 0 Å². The lowest BCUT2D eigenvalue weighted by atomic mass is 10.1. The highest BCUT2D eigenvalue weighted by Gasteiger charge is 2.26. The number of rotatable bonds is 3. The van der Waals surface area contributed by atoms with E-state index in [0.29, 0.717) is 0 Å². The SMILES string of the molecule is Cc1nccn1CCN1CC(C)(C)NCc2ccccc21. The lowest BCUT2D eigenvalue weighted by molar-refractivity contribution is 0.393. The Bertz CT molecular complexity index is 615. The Morgan fingerprint density at radius 2 is 2.05 bits per heavy atom. The van der Waals surface area contributed by atoms with Crippen LogP contribution in [0.1, 0.15) is 25.2 Å². The molecular formula is C17H24N4. The largest absolute Gasteiger partial charge is 0.368 e. The Hall–Kier alpha value is -1.81. The van der Waals surface area contributed by atoms with E-state index in [0.717, 1.165) is 32.0 Å². The first-order valence-corrected chi connectivity index (χ1v) is 7.61. The van der Waals surface area contributed by atoms with Crippen molar-refractivity contribution < 1.29 is 0 Å². The van der Waals surface area contributed by atoms with E-state index in [9.17, 15) is 0 Å². The van der Waals surface area contributed by atoms with E-state index in [1.165, 1.54) is 11.3 Å². The number of hydrogen-bond acceptors (Lipinski definition) is 3. The van der Waals surface area contributed by atoms with E-state index >= 15 is 0 Å². The van der Waals surface area contributed by atoms with Crippen LogP contribution in [0.15, 0.2) is 36.7 Å². The summed E-state index contributed by atoms with van der Waals surface area (Å²) in [5.41, 5.74) is 2.85. The van der Waals surface area contributed by atoms with Gasteiger partial charge in [-0.3, -0.25) is 0 Å². The lowest BCUT2D eigenvalue weighted by Crippen LogP contribution is -2.47. The average molecular weight is 284 g/mol.